The van der Waals surface area contributed by atoms with Crippen molar-refractivity contribution in [1.29, 1.82) is 0 Å². The van der Waals surface area contributed by atoms with Gasteiger partial charge in [-0.05, 0) is 12.8 Å². The molecule has 0 aliphatic rings. The molecule has 0 saturated heterocycles. The van der Waals surface area contributed by atoms with Crippen LogP contribution in [0.1, 0.15) is 45.4 Å². The lowest BCUT2D eigenvalue weighted by Crippen LogP contribution is -2.35. The molecule has 0 spiro atoms. The van der Waals surface area contributed by atoms with Gasteiger partial charge in [0, 0.05) is 0 Å². The van der Waals surface area contributed by atoms with Gasteiger partial charge < -0.3 is 21.7 Å². The van der Waals surface area contributed by atoms with Gasteiger partial charge in [0.25, 0.3) is 0 Å². The Morgan fingerprint density at radius 1 is 0.765 bits per heavy atom. The first-order valence-electron chi connectivity index (χ1n) is 6.24. The highest BCUT2D eigenvalue weighted by Gasteiger charge is 2.20. The first-order valence-corrected chi connectivity index (χ1v) is 6.24. The van der Waals surface area contributed by atoms with Crippen LogP contribution in [0.15, 0.2) is 0 Å². The third kappa shape index (κ3) is 38.9. The lowest BCUT2D eigenvalue weighted by molar-refractivity contribution is -0.870. The van der Waals surface area contributed by atoms with Crippen molar-refractivity contribution in [2.75, 3.05) is 27.7 Å². The molecule has 0 fully saturated rings. The number of unbranched alkanes of at least 4 members (excludes halogenated alkanes) is 5. The van der Waals surface area contributed by atoms with Gasteiger partial charge in [-0.1, -0.05) is 32.6 Å². The second kappa shape index (κ2) is 9.74. The van der Waals surface area contributed by atoms with Gasteiger partial charge in [0.15, 0.2) is 0 Å². The Bertz CT molecular complexity index is 160. The van der Waals surface area contributed by atoms with E-state index in [1.54, 1.807) is 0 Å². The van der Waals surface area contributed by atoms with Crippen molar-refractivity contribution in [3.05, 3.63) is 0 Å². The molecule has 0 bridgehead atoms. The van der Waals surface area contributed by atoms with Crippen LogP contribution in [0.4, 0.5) is 17.3 Å². The molecular formula is C11H26BF4N. The fourth-order valence-electron chi connectivity index (χ4n) is 1.37. The smallest absolute Gasteiger partial charge is 0.418 e. The first-order chi connectivity index (χ1) is 7.56. The van der Waals surface area contributed by atoms with E-state index in [2.05, 4.69) is 28.1 Å². The fraction of sp³-hybridized carbons (Fsp3) is 1.00. The van der Waals surface area contributed by atoms with Crippen LogP contribution in [-0.2, 0) is 0 Å². The van der Waals surface area contributed by atoms with Crippen molar-refractivity contribution >= 4 is 7.25 Å². The van der Waals surface area contributed by atoms with Crippen molar-refractivity contribution < 1.29 is 21.7 Å². The maximum atomic E-state index is 9.75. The molecule has 6 heteroatoms. The summed E-state index contributed by atoms with van der Waals surface area (Å²) in [6.45, 7) is 3.60. The number of quaternary nitrogens is 1. The van der Waals surface area contributed by atoms with Crippen LogP contribution in [0.2, 0.25) is 0 Å². The fourth-order valence-corrected chi connectivity index (χ4v) is 1.37. The zero-order valence-electron chi connectivity index (χ0n) is 11.5. The van der Waals surface area contributed by atoms with E-state index in [0.29, 0.717) is 0 Å². The lowest BCUT2D eigenvalue weighted by Gasteiger charge is -2.23. The molecule has 0 radical (unpaired) electrons. The Kier molecular flexibility index (Phi) is 10.9. The zero-order chi connectivity index (χ0) is 13.9. The van der Waals surface area contributed by atoms with Gasteiger partial charge in [0.05, 0.1) is 27.7 Å². The SMILES string of the molecule is CCCCCCCC[N+](C)(C)C.F[B-](F)(F)F. The van der Waals surface area contributed by atoms with Crippen molar-refractivity contribution in [3.63, 3.8) is 0 Å². The topological polar surface area (TPSA) is 0 Å². The molecule has 0 saturated carbocycles. The lowest BCUT2D eigenvalue weighted by atomic mass is 10.1. The van der Waals surface area contributed by atoms with Crippen LogP contribution in [0.3, 0.4) is 0 Å². The highest BCUT2D eigenvalue weighted by molar-refractivity contribution is 6.50. The highest BCUT2D eigenvalue weighted by atomic mass is 19.5. The van der Waals surface area contributed by atoms with Gasteiger partial charge in [-0.25, -0.2) is 0 Å². The van der Waals surface area contributed by atoms with Crippen molar-refractivity contribution in [1.82, 2.24) is 0 Å². The number of hydrogen-bond donors (Lipinski definition) is 0. The molecule has 0 unspecified atom stereocenters. The number of halogens is 4. The number of rotatable bonds is 7. The van der Waals surface area contributed by atoms with Gasteiger partial charge in [0.1, 0.15) is 0 Å². The minimum Gasteiger partial charge on any atom is -0.418 e. The molecule has 106 valence electrons. The molecule has 0 atom stereocenters. The first kappa shape index (κ1) is 19.1. The Morgan fingerprint density at radius 2 is 1.12 bits per heavy atom. The van der Waals surface area contributed by atoms with Crippen LogP contribution < -0.4 is 0 Å². The summed E-state index contributed by atoms with van der Waals surface area (Å²) in [4.78, 5) is 0. The van der Waals surface area contributed by atoms with E-state index >= 15 is 0 Å². The maximum Gasteiger partial charge on any atom is 0.673 e. The highest BCUT2D eigenvalue weighted by Crippen LogP contribution is 2.07. The third-order valence-corrected chi connectivity index (χ3v) is 2.18. The molecule has 17 heavy (non-hydrogen) atoms. The Labute approximate surface area is 103 Å². The normalized spacial score (nSPS) is 12.0. The average Bonchev–Trinajstić information content (AvgIpc) is 2.06. The van der Waals surface area contributed by atoms with Gasteiger partial charge in [-0.2, -0.15) is 0 Å². The number of hydrogen-bond acceptors (Lipinski definition) is 0. The molecule has 0 N–H and O–H groups in total. The van der Waals surface area contributed by atoms with E-state index in [4.69, 9.17) is 0 Å². The Balaban J connectivity index is 0. The van der Waals surface area contributed by atoms with Gasteiger partial charge in [-0.3, -0.25) is 0 Å². The van der Waals surface area contributed by atoms with Crippen molar-refractivity contribution in [2.45, 2.75) is 45.4 Å². The second-order valence-electron chi connectivity index (χ2n) is 5.28. The summed E-state index contributed by atoms with van der Waals surface area (Å²) in [5, 5.41) is 0. The van der Waals surface area contributed by atoms with E-state index in [1.165, 1.54) is 45.1 Å². The second-order valence-corrected chi connectivity index (χ2v) is 5.28. The molecule has 0 aromatic rings. The molecule has 0 aliphatic heterocycles. The average molecular weight is 259 g/mol. The standard InChI is InChI=1S/C11H26N.BF4/c1-5-6-7-8-9-10-11-12(2,3)4;2-1(3,4)5/h5-11H2,1-4H3;/q+1;-1. The molecular weight excluding hydrogens is 233 g/mol. The molecule has 0 amide bonds. The van der Waals surface area contributed by atoms with Crippen molar-refractivity contribution in [3.8, 4) is 0 Å². The Morgan fingerprint density at radius 3 is 1.47 bits per heavy atom. The molecule has 0 rings (SSSR count). The van der Waals surface area contributed by atoms with Crippen LogP contribution in [-0.4, -0.2) is 39.4 Å². The zero-order valence-corrected chi connectivity index (χ0v) is 11.5. The van der Waals surface area contributed by atoms with Crippen LogP contribution in [0.25, 0.3) is 0 Å². The molecule has 0 heterocycles. The van der Waals surface area contributed by atoms with Gasteiger partial charge in [0.2, 0.25) is 0 Å². The summed E-state index contributed by atoms with van der Waals surface area (Å²) in [5.41, 5.74) is 0. The van der Waals surface area contributed by atoms with E-state index in [-0.39, 0.29) is 0 Å². The van der Waals surface area contributed by atoms with Crippen LogP contribution >= 0.6 is 0 Å². The minimum absolute atomic E-state index is 1.12. The summed E-state index contributed by atoms with van der Waals surface area (Å²) in [7, 11) is 0.810. The van der Waals surface area contributed by atoms with E-state index < -0.39 is 7.25 Å². The van der Waals surface area contributed by atoms with E-state index in [0.717, 1.165) is 4.48 Å². The Hall–Kier alpha value is -0.255. The summed E-state index contributed by atoms with van der Waals surface area (Å²) in [5.74, 6) is 0. The monoisotopic (exact) mass is 259 g/mol. The molecule has 0 aliphatic carbocycles. The molecule has 1 nitrogen and oxygen atoms in total. The number of nitrogens with zero attached hydrogens (tertiary/aromatic N) is 1. The van der Waals surface area contributed by atoms with E-state index in [1.807, 2.05) is 0 Å². The summed E-state index contributed by atoms with van der Waals surface area (Å²) in [6.07, 6.45) is 8.48. The van der Waals surface area contributed by atoms with Crippen LogP contribution in [0.5, 0.6) is 0 Å². The maximum absolute atomic E-state index is 9.75. The summed E-state index contributed by atoms with van der Waals surface area (Å²) in [6, 6.07) is 0. The minimum atomic E-state index is -6.00. The largest absolute Gasteiger partial charge is 0.673 e. The van der Waals surface area contributed by atoms with Gasteiger partial charge in [-0.15, -0.1) is 0 Å². The quantitative estimate of drug-likeness (QED) is 0.276. The summed E-state index contributed by atoms with van der Waals surface area (Å²) < 4.78 is 40.1. The van der Waals surface area contributed by atoms with Crippen molar-refractivity contribution in [2.24, 2.45) is 0 Å². The van der Waals surface area contributed by atoms with Crippen LogP contribution in [0, 0.1) is 0 Å². The van der Waals surface area contributed by atoms with E-state index in [9.17, 15) is 17.3 Å². The predicted octanol–water partition coefficient (Wildman–Crippen LogP) is 4.35. The molecule has 0 aromatic carbocycles. The third-order valence-electron chi connectivity index (χ3n) is 2.18. The van der Waals surface area contributed by atoms with Gasteiger partial charge >= 0.3 is 7.25 Å². The molecule has 0 aromatic heterocycles. The summed E-state index contributed by atoms with van der Waals surface area (Å²) >= 11 is 0. The predicted molar refractivity (Wildman–Crippen MR) is 66.5 cm³/mol.